The van der Waals surface area contributed by atoms with E-state index in [1.54, 1.807) is 6.92 Å². The lowest BCUT2D eigenvalue weighted by molar-refractivity contribution is -0.137. The maximum absolute atomic E-state index is 13.9. The highest BCUT2D eigenvalue weighted by Gasteiger charge is 2.48. The predicted octanol–water partition coefficient (Wildman–Crippen LogP) is 4.00. The highest BCUT2D eigenvalue weighted by atomic mass is 19.4. The van der Waals surface area contributed by atoms with Crippen molar-refractivity contribution < 1.29 is 41.8 Å². The van der Waals surface area contributed by atoms with Gasteiger partial charge in [-0.3, -0.25) is 14.5 Å². The molecule has 0 unspecified atom stereocenters. The van der Waals surface area contributed by atoms with Crippen molar-refractivity contribution >= 4 is 23.6 Å². The van der Waals surface area contributed by atoms with Crippen LogP contribution in [-0.4, -0.2) is 58.5 Å². The van der Waals surface area contributed by atoms with Crippen molar-refractivity contribution in [3.63, 3.8) is 0 Å². The second-order valence-corrected chi connectivity index (χ2v) is 9.49. The summed E-state index contributed by atoms with van der Waals surface area (Å²) >= 11 is 0. The number of aromatic carboxylic acids is 1. The third kappa shape index (κ3) is 4.81. The lowest BCUT2D eigenvalue weighted by atomic mass is 9.80. The number of carboxylic acids is 1. The van der Waals surface area contributed by atoms with Crippen LogP contribution in [0.5, 0.6) is 0 Å². The highest BCUT2D eigenvalue weighted by molar-refractivity contribution is 6.06. The minimum Gasteiger partial charge on any atom is -0.476 e. The Morgan fingerprint density at radius 3 is 2.50 bits per heavy atom. The van der Waals surface area contributed by atoms with E-state index >= 15 is 0 Å². The van der Waals surface area contributed by atoms with Crippen LogP contribution in [0.3, 0.4) is 0 Å². The number of hydrogen-bond donors (Lipinski definition) is 2. The number of ether oxygens (including phenoxy) is 1. The number of carbonyl (C=O) groups is 3. The molecular weight excluding hydrogens is 536 g/mol. The number of hydrogen-bond acceptors (Lipinski definition) is 5. The molecule has 0 aliphatic carbocycles. The van der Waals surface area contributed by atoms with Gasteiger partial charge in [-0.1, -0.05) is 18.2 Å². The van der Waals surface area contributed by atoms with Crippen LogP contribution in [-0.2, 0) is 15.7 Å². The fraction of sp³-hybridized carbons (Fsp3) is 0.333. The molecule has 0 radical (unpaired) electrons. The quantitative estimate of drug-likeness (QED) is 0.441. The number of nitrogens with one attached hydrogen (secondary N) is 1. The summed E-state index contributed by atoms with van der Waals surface area (Å²) in [6.45, 7) is 2.40. The van der Waals surface area contributed by atoms with Gasteiger partial charge in [-0.05, 0) is 49.2 Å². The van der Waals surface area contributed by atoms with Gasteiger partial charge in [0.15, 0.2) is 5.69 Å². The Kier molecular flexibility index (Phi) is 7.08. The van der Waals surface area contributed by atoms with Gasteiger partial charge in [0.2, 0.25) is 0 Å². The number of carboxylic acid groups (broad SMARTS) is 1. The number of nitrogens with zero attached hydrogens (tertiary/aromatic N) is 3. The average molecular weight is 561 g/mol. The van der Waals surface area contributed by atoms with E-state index in [0.717, 1.165) is 24.3 Å². The van der Waals surface area contributed by atoms with Gasteiger partial charge < -0.3 is 15.2 Å². The highest BCUT2D eigenvalue weighted by Crippen LogP contribution is 2.44. The molecule has 5 rings (SSSR count). The summed E-state index contributed by atoms with van der Waals surface area (Å²) < 4.78 is 60.6. The Bertz CT molecular complexity index is 1460. The third-order valence-electron chi connectivity index (χ3n) is 7.09. The van der Waals surface area contributed by atoms with Crippen molar-refractivity contribution in [2.24, 2.45) is 0 Å². The number of fused-ring (bicyclic) bond motifs is 1. The standard InChI is InChI=1S/C27H24F4N4O5/c1-2-34-24-20(22(26(38)39)33-35(24)18-10-11-40-13-18)19(14-6-8-17(28)9-7-14)21(25(34)37)32-23(36)15-4-3-5-16(12-15)27(29,30)31/h3-9,12,18-19,21H,2,10-11,13H2,1H3,(H,32,36)(H,38,39)/t18-,19-,21-/m0/s1. The van der Waals surface area contributed by atoms with E-state index in [2.05, 4.69) is 10.4 Å². The van der Waals surface area contributed by atoms with Gasteiger partial charge in [-0.25, -0.2) is 13.9 Å². The molecule has 3 heterocycles. The molecular formula is C27H24F4N4O5. The molecule has 2 aliphatic rings. The SMILES string of the molecule is CCN1C(=O)[C@@H](NC(=O)c2cccc(C(F)(F)F)c2)[C@@H](c2ccc(F)cc2)c2c(C(=O)O)nn([C@H]3CCOC3)c21. The van der Waals surface area contributed by atoms with Gasteiger partial charge in [-0.2, -0.15) is 18.3 Å². The van der Waals surface area contributed by atoms with Crippen molar-refractivity contribution in [2.45, 2.75) is 37.5 Å². The van der Waals surface area contributed by atoms with E-state index in [1.807, 2.05) is 0 Å². The molecule has 2 amide bonds. The molecule has 3 atom stereocenters. The van der Waals surface area contributed by atoms with Crippen LogP contribution in [0, 0.1) is 5.82 Å². The van der Waals surface area contributed by atoms with Crippen LogP contribution in [0.25, 0.3) is 0 Å². The molecule has 2 aromatic carbocycles. The van der Waals surface area contributed by atoms with E-state index in [-0.39, 0.29) is 41.8 Å². The number of amides is 2. The third-order valence-corrected chi connectivity index (χ3v) is 7.09. The molecule has 1 saturated heterocycles. The number of carbonyl (C=O) groups excluding carboxylic acids is 2. The van der Waals surface area contributed by atoms with Crippen LogP contribution in [0.4, 0.5) is 23.4 Å². The van der Waals surface area contributed by atoms with E-state index in [4.69, 9.17) is 4.74 Å². The molecule has 2 N–H and O–H groups in total. The first kappa shape index (κ1) is 27.3. The maximum atomic E-state index is 13.9. The molecule has 3 aromatic rings. The number of halogens is 4. The van der Waals surface area contributed by atoms with Gasteiger partial charge in [0, 0.05) is 30.2 Å². The lowest BCUT2D eigenvalue weighted by Gasteiger charge is -2.38. The van der Waals surface area contributed by atoms with Crippen LogP contribution >= 0.6 is 0 Å². The molecule has 13 heteroatoms. The summed E-state index contributed by atoms with van der Waals surface area (Å²) in [5.74, 6) is -4.47. The molecule has 0 saturated carbocycles. The van der Waals surface area contributed by atoms with Gasteiger partial charge in [0.1, 0.15) is 17.7 Å². The molecule has 0 spiro atoms. The normalized spacial score (nSPS) is 20.9. The lowest BCUT2D eigenvalue weighted by Crippen LogP contribution is -2.55. The Labute approximate surface area is 225 Å². The van der Waals surface area contributed by atoms with Gasteiger partial charge in [-0.15, -0.1) is 0 Å². The average Bonchev–Trinajstić information content (AvgIpc) is 3.58. The van der Waals surface area contributed by atoms with Gasteiger partial charge in [0.25, 0.3) is 11.8 Å². The van der Waals surface area contributed by atoms with Crippen LogP contribution in [0.2, 0.25) is 0 Å². The largest absolute Gasteiger partial charge is 0.476 e. The molecule has 1 aromatic heterocycles. The molecule has 2 aliphatic heterocycles. The van der Waals surface area contributed by atoms with E-state index in [9.17, 15) is 37.1 Å². The molecule has 9 nitrogen and oxygen atoms in total. The maximum Gasteiger partial charge on any atom is 0.416 e. The number of rotatable bonds is 6. The topological polar surface area (TPSA) is 114 Å². The number of benzene rings is 2. The van der Waals surface area contributed by atoms with Crippen molar-refractivity contribution in [2.75, 3.05) is 24.7 Å². The minimum atomic E-state index is -4.70. The van der Waals surface area contributed by atoms with Crippen LogP contribution in [0.1, 0.15) is 62.8 Å². The monoisotopic (exact) mass is 560 g/mol. The summed E-state index contributed by atoms with van der Waals surface area (Å²) in [4.78, 5) is 40.9. The number of alkyl halides is 3. The first-order chi connectivity index (χ1) is 19.0. The second-order valence-electron chi connectivity index (χ2n) is 9.49. The van der Waals surface area contributed by atoms with Crippen molar-refractivity contribution in [1.82, 2.24) is 15.1 Å². The zero-order valence-electron chi connectivity index (χ0n) is 21.1. The predicted molar refractivity (Wildman–Crippen MR) is 133 cm³/mol. The fourth-order valence-electron chi connectivity index (χ4n) is 5.24. The zero-order valence-corrected chi connectivity index (χ0v) is 21.1. The van der Waals surface area contributed by atoms with Gasteiger partial charge in [0.05, 0.1) is 18.2 Å². The summed E-state index contributed by atoms with van der Waals surface area (Å²) in [7, 11) is 0. The van der Waals surface area contributed by atoms with Crippen LogP contribution < -0.4 is 10.2 Å². The van der Waals surface area contributed by atoms with Crippen molar-refractivity contribution in [3.05, 3.63) is 82.3 Å². The van der Waals surface area contributed by atoms with Crippen LogP contribution in [0.15, 0.2) is 48.5 Å². The number of likely N-dealkylation sites (N-methyl/N-ethyl adjacent to an activating group) is 1. The summed E-state index contributed by atoms with van der Waals surface area (Å²) in [5, 5.41) is 17.0. The molecule has 210 valence electrons. The second kappa shape index (κ2) is 10.4. The Morgan fingerprint density at radius 1 is 1.18 bits per heavy atom. The van der Waals surface area contributed by atoms with Crippen molar-refractivity contribution in [1.29, 1.82) is 0 Å². The van der Waals surface area contributed by atoms with E-state index in [1.165, 1.54) is 27.8 Å². The first-order valence-corrected chi connectivity index (χ1v) is 12.5. The van der Waals surface area contributed by atoms with Gasteiger partial charge >= 0.3 is 12.1 Å². The van der Waals surface area contributed by atoms with E-state index in [0.29, 0.717) is 24.7 Å². The molecule has 0 bridgehead atoms. The van der Waals surface area contributed by atoms with Crippen molar-refractivity contribution in [3.8, 4) is 0 Å². The summed E-state index contributed by atoms with van der Waals surface area (Å²) in [5.41, 5.74) is -1.31. The first-order valence-electron chi connectivity index (χ1n) is 12.5. The Balaban J connectivity index is 1.67. The Morgan fingerprint density at radius 2 is 1.90 bits per heavy atom. The summed E-state index contributed by atoms with van der Waals surface area (Å²) in [6, 6.07) is 6.94. The number of anilines is 1. The van der Waals surface area contributed by atoms with E-state index < -0.39 is 47.3 Å². The molecule has 1 fully saturated rings. The smallest absolute Gasteiger partial charge is 0.416 e. The summed E-state index contributed by atoms with van der Waals surface area (Å²) in [6.07, 6.45) is -4.17. The minimum absolute atomic E-state index is 0.0796. The fourth-order valence-corrected chi connectivity index (χ4v) is 5.24. The zero-order chi connectivity index (χ0) is 28.8. The number of aromatic nitrogens is 2. The molecule has 40 heavy (non-hydrogen) atoms. The Hall–Kier alpha value is -4.26.